The van der Waals surface area contributed by atoms with Gasteiger partial charge in [0.05, 0.1) is 17.7 Å². The number of aliphatic carboxylic acids is 1. The zero-order valence-corrected chi connectivity index (χ0v) is 15.9. The normalized spacial score (nSPS) is 12.6. The van der Waals surface area contributed by atoms with Crippen molar-refractivity contribution in [2.75, 3.05) is 6.61 Å². The van der Waals surface area contributed by atoms with Crippen molar-refractivity contribution in [2.45, 2.75) is 45.3 Å². The van der Waals surface area contributed by atoms with Crippen LogP contribution in [0, 0.1) is 0 Å². The molecule has 2 aromatic rings. The summed E-state index contributed by atoms with van der Waals surface area (Å²) in [4.78, 5) is 32.0. The molecular formula is C18H23N3O4S. The van der Waals surface area contributed by atoms with Crippen molar-refractivity contribution in [3.63, 3.8) is 0 Å². The number of nitrogens with zero attached hydrogens (tertiary/aromatic N) is 2. The molecule has 140 valence electrons. The van der Waals surface area contributed by atoms with E-state index in [-0.39, 0.29) is 31.0 Å². The first-order valence-electron chi connectivity index (χ1n) is 8.25. The fourth-order valence-corrected chi connectivity index (χ4v) is 2.97. The number of aromatic nitrogens is 2. The van der Waals surface area contributed by atoms with Crippen LogP contribution in [0.5, 0.6) is 0 Å². The average Bonchev–Trinajstić information content (AvgIpc) is 3.02. The van der Waals surface area contributed by atoms with Crippen LogP contribution in [0.4, 0.5) is 0 Å². The minimum Gasteiger partial charge on any atom is -0.480 e. The summed E-state index contributed by atoms with van der Waals surface area (Å²) in [5, 5.41) is 14.4. The average molecular weight is 377 g/mol. The summed E-state index contributed by atoms with van der Waals surface area (Å²) in [6.07, 6.45) is 3.62. The Morgan fingerprint density at radius 3 is 2.77 bits per heavy atom. The molecule has 0 bridgehead atoms. The fourth-order valence-electron chi connectivity index (χ4n) is 2.16. The van der Waals surface area contributed by atoms with Crippen molar-refractivity contribution < 1.29 is 19.4 Å². The molecule has 0 spiro atoms. The summed E-state index contributed by atoms with van der Waals surface area (Å²) in [7, 11) is 0. The van der Waals surface area contributed by atoms with Gasteiger partial charge in [0.1, 0.15) is 11.0 Å². The van der Waals surface area contributed by atoms with E-state index in [4.69, 9.17) is 4.74 Å². The van der Waals surface area contributed by atoms with Crippen LogP contribution in [0.25, 0.3) is 10.6 Å². The Balaban J connectivity index is 1.90. The van der Waals surface area contributed by atoms with Crippen LogP contribution >= 0.6 is 11.3 Å². The molecule has 2 N–H and O–H groups in total. The highest BCUT2D eigenvalue weighted by atomic mass is 32.1. The molecule has 1 amide bonds. The van der Waals surface area contributed by atoms with Crippen molar-refractivity contribution >= 4 is 23.2 Å². The number of hydrogen-bond acceptors (Lipinski definition) is 6. The third-order valence-corrected chi connectivity index (χ3v) is 4.32. The van der Waals surface area contributed by atoms with E-state index in [1.165, 1.54) is 11.3 Å². The van der Waals surface area contributed by atoms with E-state index in [2.05, 4.69) is 15.3 Å². The minimum atomic E-state index is -1.08. The fraction of sp³-hybridized carbons (Fsp3) is 0.444. The Bertz CT molecular complexity index is 740. The summed E-state index contributed by atoms with van der Waals surface area (Å²) in [6, 6.07) is 2.73. The number of pyridine rings is 1. The van der Waals surface area contributed by atoms with Crippen LogP contribution in [-0.2, 0) is 20.7 Å². The predicted octanol–water partition coefficient (Wildman–Crippen LogP) is 2.52. The third-order valence-electron chi connectivity index (χ3n) is 3.38. The Kier molecular flexibility index (Phi) is 6.82. The summed E-state index contributed by atoms with van der Waals surface area (Å²) in [5.74, 6) is -1.46. The van der Waals surface area contributed by atoms with Crippen molar-refractivity contribution in [1.29, 1.82) is 0 Å². The zero-order chi connectivity index (χ0) is 19.2. The molecule has 8 heteroatoms. The number of thiazole rings is 1. The second-order valence-electron chi connectivity index (χ2n) is 6.77. The van der Waals surface area contributed by atoms with Crippen molar-refractivity contribution in [3.8, 4) is 10.6 Å². The molecule has 2 aromatic heterocycles. The lowest BCUT2D eigenvalue weighted by atomic mass is 10.1. The van der Waals surface area contributed by atoms with Crippen LogP contribution < -0.4 is 5.32 Å². The molecule has 0 aliphatic carbocycles. The first-order chi connectivity index (χ1) is 12.2. The number of carboxylic acids is 1. The minimum absolute atomic E-state index is 0.0284. The number of hydrogen-bond donors (Lipinski definition) is 2. The van der Waals surface area contributed by atoms with Gasteiger partial charge in [-0.1, -0.05) is 0 Å². The lowest BCUT2D eigenvalue weighted by Crippen LogP contribution is -2.42. The number of rotatable bonds is 8. The smallest absolute Gasteiger partial charge is 0.326 e. The van der Waals surface area contributed by atoms with Gasteiger partial charge in [-0.2, -0.15) is 0 Å². The molecule has 0 aromatic carbocycles. The highest BCUT2D eigenvalue weighted by molar-refractivity contribution is 7.13. The molecule has 2 heterocycles. The van der Waals surface area contributed by atoms with E-state index < -0.39 is 12.0 Å². The van der Waals surface area contributed by atoms with E-state index >= 15 is 0 Å². The lowest BCUT2D eigenvalue weighted by molar-refractivity contribution is -0.142. The molecule has 0 fully saturated rings. The zero-order valence-electron chi connectivity index (χ0n) is 15.1. The van der Waals surface area contributed by atoms with Gasteiger partial charge in [0.25, 0.3) is 0 Å². The van der Waals surface area contributed by atoms with Gasteiger partial charge in [-0.05, 0) is 32.9 Å². The number of carbonyl (C=O) groups excluding carboxylic acids is 1. The Hall–Kier alpha value is -2.32. The molecule has 26 heavy (non-hydrogen) atoms. The van der Waals surface area contributed by atoms with Gasteiger partial charge in [0, 0.05) is 36.4 Å². The third kappa shape index (κ3) is 6.53. The van der Waals surface area contributed by atoms with E-state index in [1.54, 1.807) is 17.8 Å². The topological polar surface area (TPSA) is 101 Å². The maximum atomic E-state index is 12.2. The van der Waals surface area contributed by atoms with Crippen LogP contribution in [0.2, 0.25) is 0 Å². The molecule has 1 atom stereocenters. The SMILES string of the molecule is CC(C)(C)OCCC(NC(=O)Cc1csc(-c2cccnc2)n1)C(=O)O. The quantitative estimate of drug-likeness (QED) is 0.733. The molecule has 2 rings (SSSR count). The first-order valence-corrected chi connectivity index (χ1v) is 9.13. The molecule has 1 unspecified atom stereocenters. The van der Waals surface area contributed by atoms with Crippen LogP contribution in [0.1, 0.15) is 32.9 Å². The Morgan fingerprint density at radius 1 is 1.38 bits per heavy atom. The maximum absolute atomic E-state index is 12.2. The van der Waals surface area contributed by atoms with E-state index in [1.807, 2.05) is 32.9 Å². The number of nitrogens with one attached hydrogen (secondary N) is 1. The van der Waals surface area contributed by atoms with Gasteiger partial charge in [-0.3, -0.25) is 9.78 Å². The van der Waals surface area contributed by atoms with Crippen molar-refractivity contribution in [2.24, 2.45) is 0 Å². The summed E-state index contributed by atoms with van der Waals surface area (Å²) in [5.41, 5.74) is 1.13. The van der Waals surface area contributed by atoms with Gasteiger partial charge >= 0.3 is 5.97 Å². The Labute approximate surface area is 156 Å². The summed E-state index contributed by atoms with van der Waals surface area (Å²) >= 11 is 1.42. The van der Waals surface area contributed by atoms with Gasteiger partial charge in [-0.25, -0.2) is 9.78 Å². The Morgan fingerprint density at radius 2 is 2.15 bits per heavy atom. The van der Waals surface area contributed by atoms with Crippen LogP contribution in [0.3, 0.4) is 0 Å². The maximum Gasteiger partial charge on any atom is 0.326 e. The molecular weight excluding hydrogens is 354 g/mol. The predicted molar refractivity (Wildman–Crippen MR) is 98.9 cm³/mol. The summed E-state index contributed by atoms with van der Waals surface area (Å²) in [6.45, 7) is 5.93. The largest absolute Gasteiger partial charge is 0.480 e. The van der Waals surface area contributed by atoms with Gasteiger partial charge in [0.2, 0.25) is 5.91 Å². The lowest BCUT2D eigenvalue weighted by Gasteiger charge is -2.21. The molecule has 0 aliphatic heterocycles. The standard InChI is InChI=1S/C18H23N3O4S/c1-18(2,3)25-8-6-14(17(23)24)21-15(22)9-13-11-26-16(20-13)12-5-4-7-19-10-12/h4-5,7,10-11,14H,6,8-9H2,1-3H3,(H,21,22)(H,23,24). The van der Waals surface area contributed by atoms with Crippen molar-refractivity contribution in [3.05, 3.63) is 35.6 Å². The molecule has 0 saturated carbocycles. The molecule has 7 nitrogen and oxygen atoms in total. The number of carbonyl (C=O) groups is 2. The molecule has 0 radical (unpaired) electrons. The number of ether oxygens (including phenoxy) is 1. The van der Waals surface area contributed by atoms with E-state index in [0.29, 0.717) is 5.69 Å². The highest BCUT2D eigenvalue weighted by Gasteiger charge is 2.21. The number of amides is 1. The van der Waals surface area contributed by atoms with E-state index in [0.717, 1.165) is 10.6 Å². The van der Waals surface area contributed by atoms with Crippen LogP contribution in [0.15, 0.2) is 29.9 Å². The van der Waals surface area contributed by atoms with Crippen LogP contribution in [-0.4, -0.2) is 45.2 Å². The van der Waals surface area contributed by atoms with Gasteiger partial charge in [0.15, 0.2) is 0 Å². The first kappa shape index (κ1) is 20.0. The number of carboxylic acid groups (broad SMARTS) is 1. The monoisotopic (exact) mass is 377 g/mol. The highest BCUT2D eigenvalue weighted by Crippen LogP contribution is 2.22. The molecule has 0 saturated heterocycles. The van der Waals surface area contributed by atoms with Crippen molar-refractivity contribution in [1.82, 2.24) is 15.3 Å². The van der Waals surface area contributed by atoms with E-state index in [9.17, 15) is 14.7 Å². The second kappa shape index (κ2) is 8.86. The van der Waals surface area contributed by atoms with Gasteiger partial charge in [-0.15, -0.1) is 11.3 Å². The molecule has 0 aliphatic rings. The van der Waals surface area contributed by atoms with Gasteiger partial charge < -0.3 is 15.2 Å². The summed E-state index contributed by atoms with van der Waals surface area (Å²) < 4.78 is 5.53. The second-order valence-corrected chi connectivity index (χ2v) is 7.63.